The Hall–Kier alpha value is -0.163. The second-order valence-electron chi connectivity index (χ2n) is 8.02. The van der Waals surface area contributed by atoms with Crippen molar-refractivity contribution >= 4 is 8.32 Å². The average Bonchev–Trinajstić information content (AvgIpc) is 2.83. The molecule has 0 aromatic carbocycles. The SMILES string of the molecule is CC(C)(C)[Si](C)(C)OC/C=C1\CN2CCC[C@@]2(CO)C1. The number of hydrogen-bond donors (Lipinski definition) is 1. The van der Waals surface area contributed by atoms with Gasteiger partial charge in [0.05, 0.1) is 13.2 Å². The maximum atomic E-state index is 9.71. The molecule has 0 aliphatic carbocycles. The number of rotatable bonds is 4. The molecule has 0 amide bonds. The van der Waals surface area contributed by atoms with Crippen LogP contribution in [0.3, 0.4) is 0 Å². The zero-order valence-electron chi connectivity index (χ0n) is 13.8. The maximum absolute atomic E-state index is 9.71. The molecule has 0 spiro atoms. The van der Waals surface area contributed by atoms with E-state index in [1.807, 2.05) is 0 Å². The summed E-state index contributed by atoms with van der Waals surface area (Å²) in [6.07, 6.45) is 5.68. The first-order valence-corrected chi connectivity index (χ1v) is 10.8. The molecule has 2 fully saturated rings. The Morgan fingerprint density at radius 2 is 2.10 bits per heavy atom. The van der Waals surface area contributed by atoms with Gasteiger partial charge in [0.15, 0.2) is 8.32 Å². The summed E-state index contributed by atoms with van der Waals surface area (Å²) in [4.78, 5) is 2.46. The summed E-state index contributed by atoms with van der Waals surface area (Å²) in [5, 5.41) is 9.98. The molecule has 0 aromatic heterocycles. The zero-order valence-corrected chi connectivity index (χ0v) is 14.8. The van der Waals surface area contributed by atoms with E-state index in [-0.39, 0.29) is 10.6 Å². The lowest BCUT2D eigenvalue weighted by molar-refractivity contribution is 0.1000. The standard InChI is InChI=1S/C16H31NO2Si/c1-15(2,3)20(4,5)19-10-7-14-11-16(13-18)8-6-9-17(16)12-14/h7,18H,6,8-13H2,1-5H3/b14-7-/t16-/m0/s1. The van der Waals surface area contributed by atoms with Crippen molar-refractivity contribution in [3.05, 3.63) is 11.6 Å². The Labute approximate surface area is 125 Å². The van der Waals surface area contributed by atoms with Crippen molar-refractivity contribution < 1.29 is 9.53 Å². The van der Waals surface area contributed by atoms with Crippen LogP contribution in [0.1, 0.15) is 40.0 Å². The third-order valence-electron chi connectivity index (χ3n) is 5.61. The Balaban J connectivity index is 1.92. The van der Waals surface area contributed by atoms with Crippen LogP contribution in [-0.2, 0) is 4.43 Å². The number of aliphatic hydroxyl groups is 1. The summed E-state index contributed by atoms with van der Waals surface area (Å²) < 4.78 is 6.23. The second kappa shape index (κ2) is 5.56. The number of aliphatic hydroxyl groups excluding tert-OH is 1. The molecule has 1 N–H and O–H groups in total. The van der Waals surface area contributed by atoms with Crippen LogP contribution < -0.4 is 0 Å². The molecule has 1 atom stereocenters. The molecule has 0 aromatic rings. The predicted molar refractivity (Wildman–Crippen MR) is 86.5 cm³/mol. The molecule has 3 nitrogen and oxygen atoms in total. The predicted octanol–water partition coefficient (Wildman–Crippen LogP) is 3.17. The number of fused-ring (bicyclic) bond motifs is 1. The second-order valence-corrected chi connectivity index (χ2v) is 12.8. The fourth-order valence-electron chi connectivity index (χ4n) is 3.12. The Kier molecular flexibility index (Phi) is 4.51. The molecule has 2 rings (SSSR count). The molecule has 0 radical (unpaired) electrons. The van der Waals surface area contributed by atoms with E-state index < -0.39 is 8.32 Å². The number of nitrogens with zero attached hydrogens (tertiary/aromatic N) is 1. The molecule has 2 aliphatic rings. The van der Waals surface area contributed by atoms with Crippen LogP contribution in [0.2, 0.25) is 18.1 Å². The van der Waals surface area contributed by atoms with Crippen molar-refractivity contribution in [3.8, 4) is 0 Å². The van der Waals surface area contributed by atoms with Crippen LogP contribution in [0.5, 0.6) is 0 Å². The van der Waals surface area contributed by atoms with E-state index in [1.54, 1.807) is 0 Å². The minimum Gasteiger partial charge on any atom is -0.413 e. The van der Waals surface area contributed by atoms with Crippen molar-refractivity contribution in [1.29, 1.82) is 0 Å². The van der Waals surface area contributed by atoms with Crippen molar-refractivity contribution in [3.63, 3.8) is 0 Å². The van der Waals surface area contributed by atoms with Gasteiger partial charge in [0, 0.05) is 12.1 Å². The van der Waals surface area contributed by atoms with Crippen LogP contribution in [0.15, 0.2) is 11.6 Å². The molecule has 2 aliphatic heterocycles. The van der Waals surface area contributed by atoms with Gasteiger partial charge in [-0.15, -0.1) is 0 Å². The molecule has 2 heterocycles. The molecule has 0 saturated carbocycles. The third-order valence-corrected chi connectivity index (χ3v) is 10.1. The van der Waals surface area contributed by atoms with Gasteiger partial charge >= 0.3 is 0 Å². The molecule has 0 unspecified atom stereocenters. The molecule has 116 valence electrons. The normalized spacial score (nSPS) is 30.2. The first-order chi connectivity index (χ1) is 9.20. The highest BCUT2D eigenvalue weighted by atomic mass is 28.4. The van der Waals surface area contributed by atoms with Crippen molar-refractivity contribution in [2.45, 2.75) is 63.7 Å². The molecule has 20 heavy (non-hydrogen) atoms. The van der Waals surface area contributed by atoms with E-state index in [2.05, 4.69) is 44.8 Å². The summed E-state index contributed by atoms with van der Waals surface area (Å²) in [6, 6.07) is 0. The highest BCUT2D eigenvalue weighted by Gasteiger charge is 2.45. The van der Waals surface area contributed by atoms with Gasteiger partial charge in [0.25, 0.3) is 0 Å². The van der Waals surface area contributed by atoms with Gasteiger partial charge in [0.1, 0.15) is 0 Å². The van der Waals surface area contributed by atoms with Crippen LogP contribution in [0.25, 0.3) is 0 Å². The van der Waals surface area contributed by atoms with Gasteiger partial charge in [-0.25, -0.2) is 0 Å². The Morgan fingerprint density at radius 3 is 2.65 bits per heavy atom. The fourth-order valence-corrected chi connectivity index (χ4v) is 4.05. The topological polar surface area (TPSA) is 32.7 Å². The zero-order chi connectivity index (χ0) is 15.0. The van der Waals surface area contributed by atoms with E-state index in [4.69, 9.17) is 4.43 Å². The fraction of sp³-hybridized carbons (Fsp3) is 0.875. The first-order valence-electron chi connectivity index (χ1n) is 7.88. The molecule has 4 heteroatoms. The largest absolute Gasteiger partial charge is 0.413 e. The highest BCUT2D eigenvalue weighted by Crippen LogP contribution is 2.41. The van der Waals surface area contributed by atoms with Gasteiger partial charge in [-0.2, -0.15) is 0 Å². The summed E-state index contributed by atoms with van der Waals surface area (Å²) in [6.45, 7) is 14.6. The summed E-state index contributed by atoms with van der Waals surface area (Å²) in [7, 11) is -1.64. The quantitative estimate of drug-likeness (QED) is 0.639. The van der Waals surface area contributed by atoms with Crippen LogP contribution in [0.4, 0.5) is 0 Å². The van der Waals surface area contributed by atoms with Gasteiger partial charge < -0.3 is 9.53 Å². The first kappa shape index (κ1) is 16.2. The lowest BCUT2D eigenvalue weighted by Gasteiger charge is -2.35. The molecular weight excluding hydrogens is 266 g/mol. The third kappa shape index (κ3) is 3.03. The van der Waals surface area contributed by atoms with Crippen LogP contribution in [-0.4, -0.2) is 50.2 Å². The Bertz CT molecular complexity index is 386. The van der Waals surface area contributed by atoms with E-state index in [1.165, 1.54) is 12.0 Å². The molecular formula is C16H31NO2Si. The van der Waals surface area contributed by atoms with Crippen molar-refractivity contribution in [2.24, 2.45) is 0 Å². The highest BCUT2D eigenvalue weighted by molar-refractivity contribution is 6.74. The van der Waals surface area contributed by atoms with Crippen molar-refractivity contribution in [1.82, 2.24) is 4.90 Å². The lowest BCUT2D eigenvalue weighted by Crippen LogP contribution is -2.41. The monoisotopic (exact) mass is 297 g/mol. The van der Waals surface area contributed by atoms with Gasteiger partial charge in [-0.05, 0) is 43.9 Å². The maximum Gasteiger partial charge on any atom is 0.192 e. The van der Waals surface area contributed by atoms with Gasteiger partial charge in [-0.1, -0.05) is 32.4 Å². The molecule has 2 saturated heterocycles. The van der Waals surface area contributed by atoms with Gasteiger partial charge in [0.2, 0.25) is 0 Å². The van der Waals surface area contributed by atoms with Gasteiger partial charge in [-0.3, -0.25) is 4.90 Å². The van der Waals surface area contributed by atoms with E-state index in [0.717, 1.165) is 32.5 Å². The molecule has 0 bridgehead atoms. The summed E-state index contributed by atoms with van der Waals surface area (Å²) in [5.41, 5.74) is 1.51. The van der Waals surface area contributed by atoms with E-state index in [9.17, 15) is 5.11 Å². The average molecular weight is 298 g/mol. The summed E-state index contributed by atoms with van der Waals surface area (Å²) in [5.74, 6) is 0. The minimum absolute atomic E-state index is 0.0583. The lowest BCUT2D eigenvalue weighted by atomic mass is 9.93. The van der Waals surface area contributed by atoms with Crippen LogP contribution >= 0.6 is 0 Å². The van der Waals surface area contributed by atoms with E-state index in [0.29, 0.717) is 6.61 Å². The van der Waals surface area contributed by atoms with Crippen LogP contribution in [0, 0.1) is 0 Å². The Morgan fingerprint density at radius 1 is 1.40 bits per heavy atom. The minimum atomic E-state index is -1.64. The summed E-state index contributed by atoms with van der Waals surface area (Å²) >= 11 is 0. The number of hydrogen-bond acceptors (Lipinski definition) is 3. The van der Waals surface area contributed by atoms with E-state index >= 15 is 0 Å². The van der Waals surface area contributed by atoms with Crippen molar-refractivity contribution in [2.75, 3.05) is 26.3 Å². The smallest absolute Gasteiger partial charge is 0.192 e.